The van der Waals surface area contributed by atoms with Gasteiger partial charge in [-0.1, -0.05) is 12.1 Å². The Kier molecular flexibility index (Phi) is 3.44. The Morgan fingerprint density at radius 1 is 1.41 bits per heavy atom. The van der Waals surface area contributed by atoms with Crippen LogP contribution in [0.25, 0.3) is 11.1 Å². The molecular weight excluding hydrogens is 216 g/mol. The topological polar surface area (TPSA) is 47.3 Å². The lowest BCUT2D eigenvalue weighted by Crippen LogP contribution is -1.92. The Bertz CT molecular complexity index is 506. The molecule has 0 aliphatic carbocycles. The molecular formula is C13H16N2O2. The van der Waals surface area contributed by atoms with E-state index in [0.29, 0.717) is 0 Å². The minimum atomic E-state index is 0.0187. The number of ether oxygens (including phenoxy) is 1. The maximum atomic E-state index is 9.09. The summed E-state index contributed by atoms with van der Waals surface area (Å²) in [6.45, 7) is 2.91. The summed E-state index contributed by atoms with van der Waals surface area (Å²) >= 11 is 0. The van der Waals surface area contributed by atoms with Crippen molar-refractivity contribution in [3.63, 3.8) is 0 Å². The summed E-state index contributed by atoms with van der Waals surface area (Å²) < 4.78 is 7.21. The minimum absolute atomic E-state index is 0.0187. The molecule has 4 nitrogen and oxygen atoms in total. The van der Waals surface area contributed by atoms with Gasteiger partial charge in [-0.15, -0.1) is 0 Å². The molecule has 17 heavy (non-hydrogen) atoms. The fourth-order valence-electron chi connectivity index (χ4n) is 1.75. The Labute approximate surface area is 100 Å². The van der Waals surface area contributed by atoms with E-state index >= 15 is 0 Å². The first-order valence-corrected chi connectivity index (χ1v) is 5.59. The van der Waals surface area contributed by atoms with Gasteiger partial charge in [0, 0.05) is 23.9 Å². The van der Waals surface area contributed by atoms with E-state index in [0.717, 1.165) is 29.0 Å². The number of rotatable bonds is 4. The highest BCUT2D eigenvalue weighted by Gasteiger charge is 2.08. The predicted molar refractivity (Wildman–Crippen MR) is 65.8 cm³/mol. The summed E-state index contributed by atoms with van der Waals surface area (Å²) in [5, 5.41) is 13.3. The Morgan fingerprint density at radius 2 is 2.24 bits per heavy atom. The molecule has 0 bridgehead atoms. The summed E-state index contributed by atoms with van der Waals surface area (Å²) in [7, 11) is 1.63. The fourth-order valence-corrected chi connectivity index (χ4v) is 1.75. The van der Waals surface area contributed by atoms with Crippen molar-refractivity contribution >= 4 is 0 Å². The molecule has 1 aromatic carbocycles. The molecule has 0 radical (unpaired) electrons. The molecule has 1 heterocycles. The molecule has 0 aliphatic rings. The van der Waals surface area contributed by atoms with Gasteiger partial charge in [0.1, 0.15) is 5.75 Å². The molecule has 0 saturated carbocycles. The number of hydrogen-bond donors (Lipinski definition) is 1. The number of aliphatic hydroxyl groups is 1. The summed E-state index contributed by atoms with van der Waals surface area (Å²) in [5.74, 6) is 0.757. The zero-order valence-corrected chi connectivity index (χ0v) is 10.1. The SMILES string of the molecule is CCn1cc(-c2ccc(CO)cc2OC)cn1. The van der Waals surface area contributed by atoms with E-state index in [2.05, 4.69) is 5.10 Å². The molecule has 0 spiro atoms. The number of methoxy groups -OCH3 is 1. The van der Waals surface area contributed by atoms with Crippen LogP contribution in [0, 0.1) is 0 Å². The average molecular weight is 232 g/mol. The molecule has 90 valence electrons. The van der Waals surface area contributed by atoms with Gasteiger partial charge in [0.05, 0.1) is 19.9 Å². The molecule has 4 heteroatoms. The van der Waals surface area contributed by atoms with Crippen molar-refractivity contribution in [3.8, 4) is 16.9 Å². The smallest absolute Gasteiger partial charge is 0.127 e. The first-order chi connectivity index (χ1) is 8.28. The molecule has 0 amide bonds. The zero-order chi connectivity index (χ0) is 12.3. The lowest BCUT2D eigenvalue weighted by molar-refractivity contribution is 0.281. The van der Waals surface area contributed by atoms with E-state index in [4.69, 9.17) is 9.84 Å². The molecule has 0 atom stereocenters. The van der Waals surface area contributed by atoms with Crippen LogP contribution in [0.5, 0.6) is 5.75 Å². The normalized spacial score (nSPS) is 10.5. The highest BCUT2D eigenvalue weighted by Crippen LogP contribution is 2.30. The number of aliphatic hydroxyl groups excluding tert-OH is 1. The van der Waals surface area contributed by atoms with Crippen LogP contribution in [-0.4, -0.2) is 22.0 Å². The van der Waals surface area contributed by atoms with Gasteiger partial charge in [-0.05, 0) is 18.6 Å². The first-order valence-electron chi connectivity index (χ1n) is 5.59. The van der Waals surface area contributed by atoms with Crippen molar-refractivity contribution < 1.29 is 9.84 Å². The van der Waals surface area contributed by atoms with Gasteiger partial charge in [0.2, 0.25) is 0 Å². The van der Waals surface area contributed by atoms with Crippen molar-refractivity contribution in [2.24, 2.45) is 0 Å². The number of hydrogen-bond acceptors (Lipinski definition) is 3. The number of nitrogens with zero attached hydrogens (tertiary/aromatic N) is 2. The van der Waals surface area contributed by atoms with Gasteiger partial charge in [-0.25, -0.2) is 0 Å². The standard InChI is InChI=1S/C13H16N2O2/c1-3-15-8-11(7-14-15)12-5-4-10(9-16)6-13(12)17-2/h4-8,16H,3,9H2,1-2H3. The molecule has 2 aromatic rings. The van der Waals surface area contributed by atoms with Crippen LogP contribution >= 0.6 is 0 Å². The monoisotopic (exact) mass is 232 g/mol. The van der Waals surface area contributed by atoms with Crippen LogP contribution in [0.4, 0.5) is 0 Å². The largest absolute Gasteiger partial charge is 0.496 e. The van der Waals surface area contributed by atoms with Crippen LogP contribution in [0.2, 0.25) is 0 Å². The van der Waals surface area contributed by atoms with Crippen LogP contribution in [-0.2, 0) is 13.2 Å². The maximum absolute atomic E-state index is 9.09. The van der Waals surface area contributed by atoms with Crippen LogP contribution in [0.3, 0.4) is 0 Å². The predicted octanol–water partition coefficient (Wildman–Crippen LogP) is 2.07. The highest BCUT2D eigenvalue weighted by atomic mass is 16.5. The summed E-state index contributed by atoms with van der Waals surface area (Å²) in [6.07, 6.45) is 3.80. The van der Waals surface area contributed by atoms with Crippen molar-refractivity contribution in [1.29, 1.82) is 0 Å². The van der Waals surface area contributed by atoms with Gasteiger partial charge in [-0.3, -0.25) is 4.68 Å². The van der Waals surface area contributed by atoms with Crippen molar-refractivity contribution in [2.75, 3.05) is 7.11 Å². The fraction of sp³-hybridized carbons (Fsp3) is 0.308. The Hall–Kier alpha value is -1.81. The summed E-state index contributed by atoms with van der Waals surface area (Å²) in [6, 6.07) is 5.68. The molecule has 1 aromatic heterocycles. The van der Waals surface area contributed by atoms with Crippen LogP contribution in [0.1, 0.15) is 12.5 Å². The second-order valence-electron chi connectivity index (χ2n) is 3.78. The van der Waals surface area contributed by atoms with E-state index < -0.39 is 0 Å². The third kappa shape index (κ3) is 2.31. The van der Waals surface area contributed by atoms with Gasteiger partial charge in [0.25, 0.3) is 0 Å². The van der Waals surface area contributed by atoms with Gasteiger partial charge < -0.3 is 9.84 Å². The summed E-state index contributed by atoms with van der Waals surface area (Å²) in [5.41, 5.74) is 2.85. The number of aromatic nitrogens is 2. The van der Waals surface area contributed by atoms with Gasteiger partial charge in [0.15, 0.2) is 0 Å². The lowest BCUT2D eigenvalue weighted by Gasteiger charge is -2.08. The second-order valence-corrected chi connectivity index (χ2v) is 3.78. The molecule has 0 aliphatic heterocycles. The van der Waals surface area contributed by atoms with Crippen LogP contribution < -0.4 is 4.74 Å². The van der Waals surface area contributed by atoms with Crippen molar-refractivity contribution in [1.82, 2.24) is 9.78 Å². The number of benzene rings is 1. The average Bonchev–Trinajstić information content (AvgIpc) is 2.86. The van der Waals surface area contributed by atoms with Crippen molar-refractivity contribution in [3.05, 3.63) is 36.2 Å². The molecule has 2 rings (SSSR count). The van der Waals surface area contributed by atoms with E-state index in [1.807, 2.05) is 42.2 Å². The highest BCUT2D eigenvalue weighted by molar-refractivity contribution is 5.69. The third-order valence-electron chi connectivity index (χ3n) is 2.72. The van der Waals surface area contributed by atoms with Gasteiger partial charge >= 0.3 is 0 Å². The first kappa shape index (κ1) is 11.7. The third-order valence-corrected chi connectivity index (χ3v) is 2.72. The second kappa shape index (κ2) is 5.01. The van der Waals surface area contributed by atoms with Crippen LogP contribution in [0.15, 0.2) is 30.6 Å². The zero-order valence-electron chi connectivity index (χ0n) is 10.1. The van der Waals surface area contributed by atoms with E-state index in [9.17, 15) is 0 Å². The Morgan fingerprint density at radius 3 is 2.82 bits per heavy atom. The minimum Gasteiger partial charge on any atom is -0.496 e. The van der Waals surface area contributed by atoms with Gasteiger partial charge in [-0.2, -0.15) is 5.10 Å². The Balaban J connectivity index is 2.43. The van der Waals surface area contributed by atoms with E-state index in [1.165, 1.54) is 0 Å². The quantitative estimate of drug-likeness (QED) is 0.877. The molecule has 1 N–H and O–H groups in total. The molecule has 0 fully saturated rings. The molecule has 0 saturated heterocycles. The maximum Gasteiger partial charge on any atom is 0.127 e. The van der Waals surface area contributed by atoms with E-state index in [-0.39, 0.29) is 6.61 Å². The van der Waals surface area contributed by atoms with Crippen molar-refractivity contribution in [2.45, 2.75) is 20.1 Å². The summed E-state index contributed by atoms with van der Waals surface area (Å²) in [4.78, 5) is 0. The van der Waals surface area contributed by atoms with E-state index in [1.54, 1.807) is 7.11 Å². The molecule has 0 unspecified atom stereocenters. The lowest BCUT2D eigenvalue weighted by atomic mass is 10.1. The number of aryl methyl sites for hydroxylation is 1.